The van der Waals surface area contributed by atoms with Crippen LogP contribution < -0.4 is 0 Å². The second-order valence-corrected chi connectivity index (χ2v) is 10.5. The van der Waals surface area contributed by atoms with E-state index in [1.54, 1.807) is 0 Å². The van der Waals surface area contributed by atoms with E-state index in [1.165, 1.54) is 26.3 Å². The quantitative estimate of drug-likeness (QED) is 0.184. The molecule has 0 amide bonds. The molecule has 0 saturated heterocycles. The Hall–Kier alpha value is -2.81. The van der Waals surface area contributed by atoms with Gasteiger partial charge in [-0.3, -0.25) is 0 Å². The van der Waals surface area contributed by atoms with Crippen molar-refractivity contribution >= 4 is 13.6 Å². The van der Waals surface area contributed by atoms with Crippen molar-refractivity contribution in [3.63, 3.8) is 0 Å². The third-order valence-electron chi connectivity index (χ3n) is 5.86. The Morgan fingerprint density at radius 1 is 0.455 bits per heavy atom. The van der Waals surface area contributed by atoms with Gasteiger partial charge in [0, 0.05) is 0 Å². The summed E-state index contributed by atoms with van der Waals surface area (Å²) in [4.78, 5) is 0. The monoisotopic (exact) mass is 582 g/mol. The molecular weight excluding hydrogens is 559 g/mol. The zero-order valence-electron chi connectivity index (χ0n) is 18.0. The van der Waals surface area contributed by atoms with Gasteiger partial charge in [-0.05, 0) is 0 Å². The molecular formula is C29H24BrN2Rh. The van der Waals surface area contributed by atoms with Crippen molar-refractivity contribution in [1.29, 1.82) is 0 Å². The topological polar surface area (TPSA) is 9.86 Å². The van der Waals surface area contributed by atoms with Gasteiger partial charge in [0.2, 0.25) is 0 Å². The van der Waals surface area contributed by atoms with E-state index in [0.29, 0.717) is 0 Å². The molecule has 5 aromatic rings. The number of benzene rings is 4. The van der Waals surface area contributed by atoms with Crippen LogP contribution in [0.25, 0.3) is 0 Å². The van der Waals surface area contributed by atoms with Crippen LogP contribution in [0.2, 0.25) is 0 Å². The predicted molar refractivity (Wildman–Crippen MR) is 135 cm³/mol. The van der Waals surface area contributed by atoms with Gasteiger partial charge in [0.1, 0.15) is 0 Å². The summed E-state index contributed by atoms with van der Waals surface area (Å²) in [6.07, 6.45) is 4.48. The molecule has 33 heavy (non-hydrogen) atoms. The second-order valence-electron chi connectivity index (χ2n) is 7.87. The molecule has 0 saturated carbocycles. The SMILES string of the molecule is [Br][Rh]=[c]1n(C(c2ccccc2)c2ccccc2)ccn1C(c1ccccc1)c1ccccc1. The molecule has 0 spiro atoms. The number of rotatable bonds is 6. The van der Waals surface area contributed by atoms with E-state index in [-0.39, 0.29) is 26.8 Å². The van der Waals surface area contributed by atoms with Crippen LogP contribution in [0.1, 0.15) is 34.3 Å². The molecule has 166 valence electrons. The van der Waals surface area contributed by atoms with Crippen molar-refractivity contribution in [3.8, 4) is 0 Å². The number of hydrogen-bond donors (Lipinski definition) is 0. The minimum atomic E-state index is 0.0199. The third-order valence-corrected chi connectivity index (χ3v) is 8.39. The number of nitrogens with zero attached hydrogens (tertiary/aromatic N) is 2. The van der Waals surface area contributed by atoms with Gasteiger partial charge in [0.25, 0.3) is 0 Å². The molecule has 1 aromatic heterocycles. The predicted octanol–water partition coefficient (Wildman–Crippen LogP) is 7.49. The molecule has 0 atom stereocenters. The minimum absolute atomic E-state index is 0.0199. The Kier molecular flexibility index (Phi) is 6.95. The molecule has 0 aliphatic heterocycles. The van der Waals surface area contributed by atoms with Crippen molar-refractivity contribution in [1.82, 2.24) is 9.13 Å². The van der Waals surface area contributed by atoms with Crippen molar-refractivity contribution < 1.29 is 14.7 Å². The van der Waals surface area contributed by atoms with E-state index < -0.39 is 0 Å². The maximum atomic E-state index is 3.89. The van der Waals surface area contributed by atoms with Gasteiger partial charge in [0.05, 0.1) is 0 Å². The first-order valence-electron chi connectivity index (χ1n) is 10.9. The second kappa shape index (κ2) is 10.4. The van der Waals surface area contributed by atoms with Crippen LogP contribution in [0.15, 0.2) is 134 Å². The summed E-state index contributed by atoms with van der Waals surface area (Å²) in [5.41, 5.74) is 5.12. The van der Waals surface area contributed by atoms with E-state index >= 15 is 0 Å². The molecule has 2 nitrogen and oxygen atoms in total. The molecule has 4 heteroatoms. The standard InChI is InChI=1S/C29H24N2.BrH.Rh/c1-5-13-24(14-6-1)28(25-15-7-2-8-16-25)30-21-22-31(23-30)29(26-17-9-3-10-18-26)27-19-11-4-12-20-27;;/h1-22,28-29H;1H;/q;;+1/p-1. The molecule has 5 rings (SSSR count). The van der Waals surface area contributed by atoms with Crippen LogP contribution in [0, 0.1) is 4.01 Å². The average molecular weight is 583 g/mol. The van der Waals surface area contributed by atoms with Gasteiger partial charge < -0.3 is 0 Å². The summed E-state index contributed by atoms with van der Waals surface area (Å²) >= 11 is 3.91. The van der Waals surface area contributed by atoms with Crippen LogP contribution in [-0.2, 0) is 14.7 Å². The third kappa shape index (κ3) is 4.64. The molecule has 0 aliphatic rings. The molecule has 4 aromatic carbocycles. The van der Waals surface area contributed by atoms with Crippen LogP contribution in [0.4, 0.5) is 0 Å². The van der Waals surface area contributed by atoms with Gasteiger partial charge >= 0.3 is 210 Å². The van der Waals surface area contributed by atoms with Gasteiger partial charge in [-0.25, -0.2) is 0 Å². The summed E-state index contributed by atoms with van der Waals surface area (Å²) in [6.45, 7) is 0. The first-order chi connectivity index (χ1) is 16.4. The fourth-order valence-corrected chi connectivity index (χ4v) is 7.00. The fourth-order valence-electron chi connectivity index (χ4n) is 4.40. The average Bonchev–Trinajstić information content (AvgIpc) is 3.30. The van der Waals surface area contributed by atoms with Crippen molar-refractivity contribution in [3.05, 3.63) is 160 Å². The van der Waals surface area contributed by atoms with Crippen LogP contribution in [-0.4, -0.2) is 9.13 Å². The van der Waals surface area contributed by atoms with Crippen LogP contribution in [0.5, 0.6) is 0 Å². The molecule has 0 radical (unpaired) electrons. The first-order valence-corrected chi connectivity index (χ1v) is 15.5. The molecule has 0 N–H and O–H groups in total. The Bertz CT molecular complexity index is 1180. The van der Waals surface area contributed by atoms with E-state index in [2.05, 4.69) is 156 Å². The Morgan fingerprint density at radius 3 is 0.970 bits per heavy atom. The van der Waals surface area contributed by atoms with Gasteiger partial charge in [0.15, 0.2) is 0 Å². The summed E-state index contributed by atoms with van der Waals surface area (Å²) in [7, 11) is 0. The van der Waals surface area contributed by atoms with Gasteiger partial charge in [-0.2, -0.15) is 0 Å². The summed E-state index contributed by atoms with van der Waals surface area (Å²) in [5.74, 6) is 0. The molecule has 1 heterocycles. The fraction of sp³-hybridized carbons (Fsp3) is 0.0690. The molecule has 0 unspecified atom stereocenters. The van der Waals surface area contributed by atoms with Crippen LogP contribution in [0.3, 0.4) is 0 Å². The van der Waals surface area contributed by atoms with E-state index in [0.717, 1.165) is 0 Å². The summed E-state index contributed by atoms with van der Waals surface area (Å²) in [5, 5.41) is 0. The molecule has 0 bridgehead atoms. The molecule has 0 aliphatic carbocycles. The first kappa shape index (κ1) is 22.0. The van der Waals surface area contributed by atoms with Gasteiger partial charge in [-0.15, -0.1) is 0 Å². The summed E-state index contributed by atoms with van der Waals surface area (Å²) in [6, 6.07) is 43.3. The normalized spacial score (nSPS) is 11.4. The van der Waals surface area contributed by atoms with Crippen molar-refractivity contribution in [2.45, 2.75) is 12.1 Å². The number of aromatic nitrogens is 2. The van der Waals surface area contributed by atoms with Crippen molar-refractivity contribution in [2.24, 2.45) is 0 Å². The Labute approximate surface area is 208 Å². The maximum absolute atomic E-state index is 3.89. The van der Waals surface area contributed by atoms with Crippen molar-refractivity contribution in [2.75, 3.05) is 0 Å². The van der Waals surface area contributed by atoms with E-state index in [1.807, 2.05) is 0 Å². The number of imidazole rings is 1. The Morgan fingerprint density at radius 2 is 0.727 bits per heavy atom. The van der Waals surface area contributed by atoms with E-state index in [9.17, 15) is 0 Å². The Balaban J connectivity index is 1.72. The number of halogens is 1. The summed E-state index contributed by atoms with van der Waals surface area (Å²) < 4.78 is 6.15. The zero-order chi connectivity index (χ0) is 22.5. The van der Waals surface area contributed by atoms with Gasteiger partial charge in [-0.1, -0.05) is 0 Å². The molecule has 0 fully saturated rings. The van der Waals surface area contributed by atoms with E-state index in [4.69, 9.17) is 0 Å². The van der Waals surface area contributed by atoms with Crippen LogP contribution >= 0.6 is 13.6 Å². The number of hydrogen-bond acceptors (Lipinski definition) is 0. The zero-order valence-corrected chi connectivity index (χ0v) is 21.2.